The molecule has 1 atom stereocenters. The number of piperidine rings is 1. The number of hydrogen-bond acceptors (Lipinski definition) is 4. The number of aryl methyl sites for hydroxylation is 1. The second-order valence-corrected chi connectivity index (χ2v) is 8.25. The van der Waals surface area contributed by atoms with Crippen molar-refractivity contribution in [3.63, 3.8) is 0 Å². The molecule has 0 aromatic carbocycles. The van der Waals surface area contributed by atoms with Crippen LogP contribution in [0.3, 0.4) is 0 Å². The van der Waals surface area contributed by atoms with Gasteiger partial charge in [0.15, 0.2) is 0 Å². The maximum Gasteiger partial charge on any atom is 0.250 e. The van der Waals surface area contributed by atoms with Gasteiger partial charge in [-0.3, -0.25) is 9.59 Å². The van der Waals surface area contributed by atoms with Crippen LogP contribution in [0.4, 0.5) is 0 Å². The van der Waals surface area contributed by atoms with E-state index in [4.69, 9.17) is 0 Å². The van der Waals surface area contributed by atoms with Crippen molar-refractivity contribution in [2.24, 2.45) is 5.41 Å². The molecule has 26 heavy (non-hydrogen) atoms. The molecule has 1 unspecified atom stereocenters. The van der Waals surface area contributed by atoms with Crippen molar-refractivity contribution in [1.29, 1.82) is 0 Å². The van der Waals surface area contributed by atoms with Crippen LogP contribution in [-0.4, -0.2) is 34.5 Å². The van der Waals surface area contributed by atoms with Crippen LogP contribution in [0.25, 0.3) is 0 Å². The number of nitrogens with one attached hydrogen (secondary N) is 1. The zero-order chi connectivity index (χ0) is 18.0. The fourth-order valence-electron chi connectivity index (χ4n) is 4.19. The normalized spacial score (nSPS) is 20.8. The third-order valence-electron chi connectivity index (χ3n) is 5.84. The van der Waals surface area contributed by atoms with Gasteiger partial charge in [0.1, 0.15) is 0 Å². The zero-order valence-electron chi connectivity index (χ0n) is 14.9. The molecule has 1 aliphatic heterocycles. The number of nitrogens with zero attached hydrogens (tertiary/aromatic N) is 2. The number of aromatic nitrogens is 1. The number of pyridine rings is 1. The first-order chi connectivity index (χ1) is 12.7. The summed E-state index contributed by atoms with van der Waals surface area (Å²) in [4.78, 5) is 27.0. The number of carbonyl (C=O) groups is 1. The first-order valence-electron chi connectivity index (χ1n) is 9.35. The monoisotopic (exact) mass is 371 g/mol. The second kappa shape index (κ2) is 7.37. The molecule has 2 aliphatic rings. The highest BCUT2D eigenvalue weighted by Crippen LogP contribution is 2.56. The molecule has 1 N–H and O–H groups in total. The van der Waals surface area contributed by atoms with Gasteiger partial charge in [0.2, 0.25) is 5.91 Å². The lowest BCUT2D eigenvalue weighted by Crippen LogP contribution is -2.39. The molecule has 1 saturated carbocycles. The minimum absolute atomic E-state index is 0.0501. The van der Waals surface area contributed by atoms with Crippen LogP contribution in [0.15, 0.2) is 46.0 Å². The van der Waals surface area contributed by atoms with E-state index >= 15 is 0 Å². The molecule has 1 amide bonds. The van der Waals surface area contributed by atoms with Gasteiger partial charge in [-0.15, -0.1) is 0 Å². The number of rotatable bonds is 6. The van der Waals surface area contributed by atoms with Crippen molar-refractivity contribution in [2.75, 3.05) is 13.1 Å². The highest BCUT2D eigenvalue weighted by Gasteiger charge is 2.57. The fourth-order valence-corrected chi connectivity index (χ4v) is 4.85. The first kappa shape index (κ1) is 17.5. The summed E-state index contributed by atoms with van der Waals surface area (Å²) in [6.07, 6.45) is 5.56. The molecule has 6 heteroatoms. The maximum atomic E-state index is 13.1. The lowest BCUT2D eigenvalue weighted by atomic mass is 9.93. The van der Waals surface area contributed by atoms with Crippen LogP contribution in [0.5, 0.6) is 0 Å². The average Bonchev–Trinajstić information content (AvgIpc) is 3.08. The Morgan fingerprint density at radius 1 is 1.31 bits per heavy atom. The average molecular weight is 372 g/mol. The van der Waals surface area contributed by atoms with Gasteiger partial charge >= 0.3 is 0 Å². The standard InChI is InChI=1S/C20H25N3O2S/c24-18-3-1-2-10-22(18)11-4-19(25)23(14-16-5-12-26-15-16)17-13-20(17)6-8-21-9-7-20/h1-3,5,10,12,15,17,21H,4,6-9,11,13-14H2. The van der Waals surface area contributed by atoms with E-state index < -0.39 is 0 Å². The van der Waals surface area contributed by atoms with Crippen molar-refractivity contribution in [2.45, 2.75) is 44.8 Å². The van der Waals surface area contributed by atoms with Gasteiger partial charge in [-0.25, -0.2) is 0 Å². The van der Waals surface area contributed by atoms with Gasteiger partial charge in [0.05, 0.1) is 0 Å². The van der Waals surface area contributed by atoms with Crippen molar-refractivity contribution in [1.82, 2.24) is 14.8 Å². The van der Waals surface area contributed by atoms with Crippen molar-refractivity contribution in [3.05, 3.63) is 57.1 Å². The third-order valence-corrected chi connectivity index (χ3v) is 6.57. The van der Waals surface area contributed by atoms with Crippen LogP contribution in [0.1, 0.15) is 31.2 Å². The molecule has 0 radical (unpaired) electrons. The van der Waals surface area contributed by atoms with Gasteiger partial charge in [-0.05, 0) is 66.2 Å². The topological polar surface area (TPSA) is 54.3 Å². The van der Waals surface area contributed by atoms with Gasteiger partial charge in [-0.1, -0.05) is 6.07 Å². The van der Waals surface area contributed by atoms with E-state index in [0.29, 0.717) is 31.0 Å². The van der Waals surface area contributed by atoms with Crippen LogP contribution in [0.2, 0.25) is 0 Å². The van der Waals surface area contributed by atoms with Crippen LogP contribution >= 0.6 is 11.3 Å². The molecule has 2 aromatic rings. The molecule has 138 valence electrons. The fraction of sp³-hybridized carbons (Fsp3) is 0.500. The van der Waals surface area contributed by atoms with Crippen LogP contribution < -0.4 is 10.9 Å². The summed E-state index contributed by atoms with van der Waals surface area (Å²) in [6, 6.07) is 7.56. The van der Waals surface area contributed by atoms with E-state index in [1.807, 2.05) is 6.07 Å². The lowest BCUT2D eigenvalue weighted by molar-refractivity contribution is -0.133. The molecule has 2 aromatic heterocycles. The SMILES string of the molecule is O=C(CCn1ccccc1=O)N(Cc1ccsc1)C1CC12CCNCC2. The Morgan fingerprint density at radius 3 is 2.88 bits per heavy atom. The first-order valence-corrected chi connectivity index (χ1v) is 10.3. The van der Waals surface area contributed by atoms with Crippen LogP contribution in [0, 0.1) is 5.41 Å². The Labute approximate surface area is 157 Å². The van der Waals surface area contributed by atoms with E-state index in [0.717, 1.165) is 32.4 Å². The molecular formula is C20H25N3O2S. The maximum absolute atomic E-state index is 13.1. The molecule has 2 fully saturated rings. The van der Waals surface area contributed by atoms with Crippen molar-refractivity contribution < 1.29 is 4.79 Å². The van der Waals surface area contributed by atoms with Crippen molar-refractivity contribution in [3.8, 4) is 0 Å². The highest BCUT2D eigenvalue weighted by molar-refractivity contribution is 7.07. The molecular weight excluding hydrogens is 346 g/mol. The largest absolute Gasteiger partial charge is 0.335 e. The summed E-state index contributed by atoms with van der Waals surface area (Å²) in [5, 5.41) is 7.62. The molecule has 5 nitrogen and oxygen atoms in total. The predicted octanol–water partition coefficient (Wildman–Crippen LogP) is 2.47. The number of thiophene rings is 1. The molecule has 1 spiro atoms. The number of carbonyl (C=O) groups excluding carboxylic acids is 1. The molecule has 1 aliphatic carbocycles. The Morgan fingerprint density at radius 2 is 2.15 bits per heavy atom. The van der Waals surface area contributed by atoms with Gasteiger partial charge in [-0.2, -0.15) is 11.3 Å². The second-order valence-electron chi connectivity index (χ2n) is 7.47. The van der Waals surface area contributed by atoms with E-state index in [1.165, 1.54) is 5.56 Å². The van der Waals surface area contributed by atoms with Crippen molar-refractivity contribution >= 4 is 17.2 Å². The van der Waals surface area contributed by atoms with E-state index in [9.17, 15) is 9.59 Å². The molecule has 0 bridgehead atoms. The Kier molecular flexibility index (Phi) is 4.96. The van der Waals surface area contributed by atoms with Gasteiger partial charge in [0.25, 0.3) is 5.56 Å². The summed E-state index contributed by atoms with van der Waals surface area (Å²) in [6.45, 7) is 3.23. The third kappa shape index (κ3) is 3.62. The molecule has 1 saturated heterocycles. The summed E-state index contributed by atoms with van der Waals surface area (Å²) >= 11 is 1.67. The van der Waals surface area contributed by atoms with Crippen LogP contribution in [-0.2, 0) is 17.9 Å². The Hall–Kier alpha value is -1.92. The minimum atomic E-state index is -0.0501. The summed E-state index contributed by atoms with van der Waals surface area (Å²) < 4.78 is 1.62. The van der Waals surface area contributed by atoms with E-state index in [-0.39, 0.29) is 11.5 Å². The minimum Gasteiger partial charge on any atom is -0.335 e. The summed E-state index contributed by atoms with van der Waals surface area (Å²) in [5.74, 6) is 0.160. The quantitative estimate of drug-likeness (QED) is 0.849. The molecule has 4 rings (SSSR count). The molecule has 3 heterocycles. The lowest BCUT2D eigenvalue weighted by Gasteiger charge is -2.29. The Balaban J connectivity index is 1.46. The number of hydrogen-bond donors (Lipinski definition) is 1. The summed E-state index contributed by atoms with van der Waals surface area (Å²) in [5.41, 5.74) is 1.47. The van der Waals surface area contributed by atoms with Gasteiger partial charge < -0.3 is 14.8 Å². The smallest absolute Gasteiger partial charge is 0.250 e. The van der Waals surface area contributed by atoms with E-state index in [2.05, 4.69) is 27.0 Å². The van der Waals surface area contributed by atoms with E-state index in [1.54, 1.807) is 34.2 Å². The highest BCUT2D eigenvalue weighted by atomic mass is 32.1. The Bertz CT molecular complexity index is 808. The number of amides is 1. The predicted molar refractivity (Wildman–Crippen MR) is 103 cm³/mol. The summed E-state index contributed by atoms with van der Waals surface area (Å²) in [7, 11) is 0. The zero-order valence-corrected chi connectivity index (χ0v) is 15.7. The van der Waals surface area contributed by atoms with Gasteiger partial charge in [0, 0.05) is 37.8 Å².